The Hall–Kier alpha value is -5.32. The van der Waals surface area contributed by atoms with Gasteiger partial charge in [0.25, 0.3) is 0 Å². The molecule has 0 aliphatic carbocycles. The average molecular weight is 1470 g/mol. The number of esters is 4. The molecular formula is C83H136O17P2. The van der Waals surface area contributed by atoms with Crippen molar-refractivity contribution in [2.45, 2.75) is 303 Å². The van der Waals surface area contributed by atoms with E-state index in [1.165, 1.54) is 0 Å². The van der Waals surface area contributed by atoms with E-state index in [4.69, 9.17) is 37.0 Å². The van der Waals surface area contributed by atoms with E-state index in [-0.39, 0.29) is 25.7 Å². The number of carbonyl (C=O) groups excluding carboxylic acids is 4. The number of hydrogen-bond donors (Lipinski definition) is 3. The highest BCUT2D eigenvalue weighted by Gasteiger charge is 2.30. The van der Waals surface area contributed by atoms with Gasteiger partial charge in [-0.2, -0.15) is 0 Å². The van der Waals surface area contributed by atoms with Crippen molar-refractivity contribution in [3.63, 3.8) is 0 Å². The summed E-state index contributed by atoms with van der Waals surface area (Å²) in [5, 5.41) is 10.6. The van der Waals surface area contributed by atoms with Crippen LogP contribution in [0.25, 0.3) is 0 Å². The molecule has 5 unspecified atom stereocenters. The van der Waals surface area contributed by atoms with E-state index in [0.717, 1.165) is 205 Å². The van der Waals surface area contributed by atoms with Crippen LogP contribution < -0.4 is 0 Å². The zero-order valence-electron chi connectivity index (χ0n) is 63.2. The largest absolute Gasteiger partial charge is 0.472 e. The van der Waals surface area contributed by atoms with E-state index in [9.17, 15) is 43.2 Å². The lowest BCUT2D eigenvalue weighted by atomic mass is 10.1. The number of phosphoric acid groups is 2. The summed E-state index contributed by atoms with van der Waals surface area (Å²) < 4.78 is 68.5. The molecule has 0 saturated carbocycles. The van der Waals surface area contributed by atoms with E-state index in [1.807, 2.05) is 0 Å². The van der Waals surface area contributed by atoms with E-state index in [1.54, 1.807) is 0 Å². The van der Waals surface area contributed by atoms with Crippen LogP contribution in [0.2, 0.25) is 0 Å². The molecule has 17 nitrogen and oxygen atoms in total. The fraction of sp³-hybridized carbons (Fsp3) is 0.639. The molecule has 0 amide bonds. The average Bonchev–Trinajstić information content (AvgIpc) is 0.908. The molecule has 0 rings (SSSR count). The Bertz CT molecular complexity index is 2550. The van der Waals surface area contributed by atoms with Gasteiger partial charge >= 0.3 is 39.5 Å². The fourth-order valence-corrected chi connectivity index (χ4v) is 11.2. The SMILES string of the molecule is CC/C=C\C/C=C\C/C=C\C/C=C\C/C=C\CCCCCC(=O)OCC(COP(=O)(O)OCC(O)COP(=O)(O)OCC(COC(=O)CCCCCCC/C=C\C/C=C\C/C=C\CC)OC(=O)CCCCCCC/C=C\C/C=C\C/C=C\CC)OC(=O)CCCCCCC/C=C\C/C=C\CCC. The first-order valence-corrected chi connectivity index (χ1v) is 41.7. The smallest absolute Gasteiger partial charge is 0.462 e. The van der Waals surface area contributed by atoms with Crippen molar-refractivity contribution in [1.29, 1.82) is 0 Å². The molecule has 0 aromatic heterocycles. The van der Waals surface area contributed by atoms with E-state index >= 15 is 0 Å². The van der Waals surface area contributed by atoms with Gasteiger partial charge in [0.1, 0.15) is 19.3 Å². The zero-order valence-corrected chi connectivity index (χ0v) is 65.0. The Morgan fingerprint density at radius 3 is 0.794 bits per heavy atom. The highest BCUT2D eigenvalue weighted by Crippen LogP contribution is 2.45. The normalized spacial score (nSPS) is 14.8. The van der Waals surface area contributed by atoms with E-state index < -0.39 is 97.5 Å². The van der Waals surface area contributed by atoms with Crippen LogP contribution in [0, 0.1) is 0 Å². The quantitative estimate of drug-likeness (QED) is 0.0169. The lowest BCUT2D eigenvalue weighted by Gasteiger charge is -2.21. The van der Waals surface area contributed by atoms with Crippen LogP contribution in [0.15, 0.2) is 158 Å². The third-order valence-corrected chi connectivity index (χ3v) is 17.4. The summed E-state index contributed by atoms with van der Waals surface area (Å²) >= 11 is 0. The zero-order chi connectivity index (χ0) is 74.6. The van der Waals surface area contributed by atoms with Gasteiger partial charge in [-0.1, -0.05) is 256 Å². The van der Waals surface area contributed by atoms with Crippen LogP contribution in [0.5, 0.6) is 0 Å². The van der Waals surface area contributed by atoms with Crippen molar-refractivity contribution in [3.8, 4) is 0 Å². The van der Waals surface area contributed by atoms with Crippen molar-refractivity contribution in [2.75, 3.05) is 39.6 Å². The predicted octanol–water partition coefficient (Wildman–Crippen LogP) is 22.4. The summed E-state index contributed by atoms with van der Waals surface area (Å²) in [4.78, 5) is 72.9. The second-order valence-corrected chi connectivity index (χ2v) is 28.1. The minimum Gasteiger partial charge on any atom is -0.462 e. The molecule has 580 valence electrons. The van der Waals surface area contributed by atoms with Crippen molar-refractivity contribution in [2.24, 2.45) is 0 Å². The van der Waals surface area contributed by atoms with Crippen LogP contribution in [0.4, 0.5) is 0 Å². The van der Waals surface area contributed by atoms with Gasteiger partial charge in [0.15, 0.2) is 12.2 Å². The molecule has 102 heavy (non-hydrogen) atoms. The standard InChI is InChI=1S/C83H136O17P2/c1-5-9-13-17-21-25-29-33-36-37-38-39-42-45-48-52-56-60-64-68-81(86)94-73-78(99-82(87)69-65-61-57-53-49-43-32-28-24-20-16-12-8-4)75-97-101(89,90)95-71-77(84)72-96-102(91,92)98-76-79(100-83(88)70-66-62-58-54-50-46-41-35-31-27-23-19-15-11-7-3)74-93-80(85)67-63-59-55-51-47-44-40-34-30-26-22-18-14-10-6-2/h9-11,13-16,20-23,25-28,32-36,38-41,45,48,77-79,84H,5-8,12,17-19,24,29-31,37,42-44,46-47,49-76H2,1-4H3,(H,89,90)(H,91,92)/b13-9-,14-10-,15-11-,20-16-,25-21-,26-22-,27-23-,32-28-,36-33-,39-38-,40-34-,41-35-,48-45-. The molecule has 0 fully saturated rings. The summed E-state index contributed by atoms with van der Waals surface area (Å²) in [7, 11) is -9.99. The summed E-state index contributed by atoms with van der Waals surface area (Å²) in [5.41, 5.74) is 0. The first-order chi connectivity index (χ1) is 49.7. The first kappa shape index (κ1) is 96.7. The minimum atomic E-state index is -4.99. The van der Waals surface area contributed by atoms with E-state index in [0.29, 0.717) is 25.7 Å². The topological polar surface area (TPSA) is 237 Å². The maximum Gasteiger partial charge on any atom is 0.472 e. The lowest BCUT2D eigenvalue weighted by molar-refractivity contribution is -0.161. The molecule has 0 aliphatic rings. The van der Waals surface area contributed by atoms with Crippen LogP contribution >= 0.6 is 15.6 Å². The molecule has 0 radical (unpaired) electrons. The molecule has 0 bridgehead atoms. The van der Waals surface area contributed by atoms with Gasteiger partial charge in [-0.05, 0) is 161 Å². The van der Waals surface area contributed by atoms with Gasteiger partial charge in [0, 0.05) is 25.7 Å². The van der Waals surface area contributed by atoms with Crippen LogP contribution in [0.3, 0.4) is 0 Å². The summed E-state index contributed by atoms with van der Waals surface area (Å²) in [6, 6.07) is 0. The summed E-state index contributed by atoms with van der Waals surface area (Å²) in [6.07, 6.45) is 85.1. The Labute approximate surface area is 617 Å². The molecule has 0 aromatic carbocycles. The Morgan fingerprint density at radius 2 is 0.510 bits per heavy atom. The molecule has 0 heterocycles. The van der Waals surface area contributed by atoms with Crippen LogP contribution in [-0.4, -0.2) is 96.7 Å². The van der Waals surface area contributed by atoms with Gasteiger partial charge in [0.2, 0.25) is 0 Å². The number of rotatable bonds is 71. The molecule has 3 N–H and O–H groups in total. The predicted molar refractivity (Wildman–Crippen MR) is 417 cm³/mol. The first-order valence-electron chi connectivity index (χ1n) is 38.7. The highest BCUT2D eigenvalue weighted by atomic mass is 31.2. The molecule has 0 spiro atoms. The Morgan fingerprint density at radius 1 is 0.284 bits per heavy atom. The maximum atomic E-state index is 13.1. The third kappa shape index (κ3) is 73.0. The fourth-order valence-electron chi connectivity index (χ4n) is 9.66. The number of hydrogen-bond acceptors (Lipinski definition) is 15. The number of phosphoric ester groups is 2. The van der Waals surface area contributed by atoms with Gasteiger partial charge in [-0.25, -0.2) is 9.13 Å². The van der Waals surface area contributed by atoms with Crippen molar-refractivity contribution >= 4 is 39.5 Å². The number of allylic oxidation sites excluding steroid dienone is 26. The van der Waals surface area contributed by atoms with Gasteiger partial charge in [-0.3, -0.25) is 37.3 Å². The number of ether oxygens (including phenoxy) is 4. The number of carbonyl (C=O) groups is 4. The van der Waals surface area contributed by atoms with Crippen molar-refractivity contribution in [3.05, 3.63) is 158 Å². The summed E-state index contributed by atoms with van der Waals surface area (Å²) in [6.45, 7) is 4.36. The summed E-state index contributed by atoms with van der Waals surface area (Å²) in [5.74, 6) is -2.27. The number of aliphatic hydroxyl groups is 1. The third-order valence-electron chi connectivity index (χ3n) is 15.4. The monoisotopic (exact) mass is 1470 g/mol. The Balaban J connectivity index is 5.42. The molecular weight excluding hydrogens is 1330 g/mol. The van der Waals surface area contributed by atoms with Gasteiger partial charge in [-0.15, -0.1) is 0 Å². The van der Waals surface area contributed by atoms with Crippen molar-refractivity contribution in [1.82, 2.24) is 0 Å². The molecule has 0 aliphatic heterocycles. The van der Waals surface area contributed by atoms with Crippen molar-refractivity contribution < 1.29 is 80.2 Å². The van der Waals surface area contributed by atoms with Crippen LogP contribution in [0.1, 0.15) is 285 Å². The number of aliphatic hydroxyl groups excluding tert-OH is 1. The molecule has 0 saturated heterocycles. The second kappa shape index (κ2) is 74.0. The van der Waals surface area contributed by atoms with Gasteiger partial charge in [0.05, 0.1) is 26.4 Å². The molecule has 0 aromatic rings. The minimum absolute atomic E-state index is 0.0653. The highest BCUT2D eigenvalue weighted by molar-refractivity contribution is 7.47. The van der Waals surface area contributed by atoms with Crippen LogP contribution in [-0.2, 0) is 65.4 Å². The number of unbranched alkanes of at least 4 members (excludes halogenated alkanes) is 19. The molecule has 5 atom stereocenters. The lowest BCUT2D eigenvalue weighted by Crippen LogP contribution is -2.30. The van der Waals surface area contributed by atoms with E-state index in [2.05, 4.69) is 186 Å². The maximum absolute atomic E-state index is 13.1. The molecule has 19 heteroatoms. The Kier molecular flexibility index (Phi) is 70.1. The van der Waals surface area contributed by atoms with Gasteiger partial charge < -0.3 is 33.8 Å². The second-order valence-electron chi connectivity index (χ2n) is 25.1.